The molecule has 2 aliphatic carbocycles. The van der Waals surface area contributed by atoms with E-state index < -0.39 is 0 Å². The molecule has 0 aromatic heterocycles. The quantitative estimate of drug-likeness (QED) is 0.303. The Morgan fingerprint density at radius 1 is 1.18 bits per heavy atom. The maximum atomic E-state index is 12.8. The number of ether oxygens (including phenoxy) is 1. The summed E-state index contributed by atoms with van der Waals surface area (Å²) in [4.78, 5) is 17.6. The van der Waals surface area contributed by atoms with E-state index in [1.807, 2.05) is 6.92 Å². The van der Waals surface area contributed by atoms with Crippen molar-refractivity contribution in [1.29, 1.82) is 0 Å². The number of methoxy groups -OCH3 is 1. The summed E-state index contributed by atoms with van der Waals surface area (Å²) in [6, 6.07) is 0.341. The van der Waals surface area contributed by atoms with E-state index in [1.54, 1.807) is 7.11 Å². The minimum atomic E-state index is -0.0983. The van der Waals surface area contributed by atoms with Crippen LogP contribution in [0.5, 0.6) is 0 Å². The number of hydrogen-bond acceptors (Lipinski definition) is 5. The molecule has 7 atom stereocenters. The number of nitrogens with one attached hydrogen (secondary N) is 4. The molecule has 0 bridgehead atoms. The molecule has 0 radical (unpaired) electrons. The van der Waals surface area contributed by atoms with Crippen LogP contribution in [-0.4, -0.2) is 54.6 Å². The summed E-state index contributed by atoms with van der Waals surface area (Å²) in [6.45, 7) is 2.53. The second-order valence-corrected chi connectivity index (χ2v) is 9.58. The maximum absolute atomic E-state index is 12.8. The lowest BCUT2D eigenvalue weighted by atomic mass is 9.84. The lowest BCUT2D eigenvalue weighted by molar-refractivity contribution is -0.124. The van der Waals surface area contributed by atoms with E-state index in [0.717, 1.165) is 44.9 Å². The molecule has 3 fully saturated rings. The molecule has 6 unspecified atom stereocenters. The molecule has 4 N–H and O–H groups in total. The average Bonchev–Trinajstić information content (AvgIpc) is 3.03. The first-order valence-corrected chi connectivity index (χ1v) is 11.3. The average molecular weight is 434 g/mol. The molecular formula is C19H33Cl2N5O2. The molecule has 7 nitrogen and oxygen atoms in total. The van der Waals surface area contributed by atoms with Crippen molar-refractivity contribution in [3.8, 4) is 0 Å². The van der Waals surface area contributed by atoms with Gasteiger partial charge in [-0.1, -0.05) is 6.42 Å². The molecule has 2 saturated carbocycles. The topological polar surface area (TPSA) is 86.8 Å². The molecule has 3 rings (SSSR count). The first-order valence-electron chi connectivity index (χ1n) is 10.4. The van der Waals surface area contributed by atoms with Gasteiger partial charge in [0, 0.05) is 41.8 Å². The fourth-order valence-electron chi connectivity index (χ4n) is 4.47. The van der Waals surface area contributed by atoms with Crippen LogP contribution in [0.3, 0.4) is 0 Å². The predicted octanol–water partition coefficient (Wildman–Crippen LogP) is 2.09. The number of carbonyl (C=O) groups excluding carboxylic acids is 1. The van der Waals surface area contributed by atoms with E-state index in [9.17, 15) is 4.79 Å². The summed E-state index contributed by atoms with van der Waals surface area (Å²) in [5, 5.41) is 6.61. The largest absolute Gasteiger partial charge is 0.383 e. The molecule has 9 heteroatoms. The molecule has 1 aliphatic heterocycles. The number of carbonyl (C=O) groups is 1. The second kappa shape index (κ2) is 10.4. The van der Waals surface area contributed by atoms with Crippen molar-refractivity contribution in [2.24, 2.45) is 16.8 Å². The third kappa shape index (κ3) is 5.95. The minimum Gasteiger partial charge on any atom is -0.383 e. The lowest BCUT2D eigenvalue weighted by Crippen LogP contribution is -2.50. The van der Waals surface area contributed by atoms with Crippen LogP contribution in [0.4, 0.5) is 0 Å². The highest BCUT2D eigenvalue weighted by Gasteiger charge is 2.40. The first-order chi connectivity index (χ1) is 13.5. The van der Waals surface area contributed by atoms with Gasteiger partial charge in [0.15, 0.2) is 5.96 Å². The Bertz CT molecular complexity index is 564. The smallest absolute Gasteiger partial charge is 0.229 e. The van der Waals surface area contributed by atoms with E-state index in [0.29, 0.717) is 24.5 Å². The number of fused-ring (bicyclic) bond motifs is 1. The van der Waals surface area contributed by atoms with Crippen molar-refractivity contribution in [2.45, 2.75) is 80.9 Å². The van der Waals surface area contributed by atoms with Gasteiger partial charge >= 0.3 is 0 Å². The number of rotatable bonds is 5. The Morgan fingerprint density at radius 3 is 2.71 bits per heavy atom. The van der Waals surface area contributed by atoms with E-state index in [2.05, 4.69) is 21.5 Å². The number of hydrogen-bond donors (Lipinski definition) is 4. The number of nitrogens with zero attached hydrogens (tertiary/aromatic N) is 1. The normalized spacial score (nSPS) is 37.2. The standard InChI is InChI=1S/C19H33Cl2N5O2/c1-11(10-28-2)22-19(24-18(27)12-4-3-5-13(20)8-12)23-17-15-7-6-14(21)9-16(15)25-26-17/h11-17,25-26H,3-10H2,1-2H3,(H2,22,23,24,27)/t11-,12?,13?,14?,15?,16?,17?/m0/s1. The fourth-order valence-corrected chi connectivity index (χ4v) is 5.16. The monoisotopic (exact) mass is 433 g/mol. The molecule has 0 aromatic rings. The fraction of sp³-hybridized carbons (Fsp3) is 0.895. The molecule has 160 valence electrons. The zero-order valence-corrected chi connectivity index (χ0v) is 18.2. The minimum absolute atomic E-state index is 0.00631. The molecule has 1 amide bonds. The van der Waals surface area contributed by atoms with Gasteiger partial charge in [-0.3, -0.25) is 15.5 Å². The van der Waals surface area contributed by atoms with Gasteiger partial charge < -0.3 is 10.1 Å². The predicted molar refractivity (Wildman–Crippen MR) is 112 cm³/mol. The van der Waals surface area contributed by atoms with Crippen molar-refractivity contribution in [2.75, 3.05) is 13.7 Å². The highest BCUT2D eigenvalue weighted by molar-refractivity contribution is 6.21. The molecule has 0 aromatic carbocycles. The maximum Gasteiger partial charge on any atom is 0.229 e. The summed E-state index contributed by atoms with van der Waals surface area (Å²) in [7, 11) is 1.66. The van der Waals surface area contributed by atoms with Crippen molar-refractivity contribution in [3.05, 3.63) is 0 Å². The number of hydrazine groups is 1. The molecule has 1 heterocycles. The van der Waals surface area contributed by atoms with Crippen molar-refractivity contribution in [1.82, 2.24) is 21.5 Å². The van der Waals surface area contributed by atoms with Crippen LogP contribution in [0, 0.1) is 11.8 Å². The number of aliphatic imine (C=N–C) groups is 1. The SMILES string of the molecule is COC[C@H](C)N/C(=N\C1NNC2CC(Cl)CCC21)NC(=O)C1CCCC(Cl)C1. The number of halogens is 2. The van der Waals surface area contributed by atoms with Crippen LogP contribution >= 0.6 is 23.2 Å². The summed E-state index contributed by atoms with van der Waals surface area (Å²) in [5.74, 6) is 0.797. The van der Waals surface area contributed by atoms with Gasteiger partial charge in [-0.2, -0.15) is 0 Å². The van der Waals surface area contributed by atoms with Crippen LogP contribution in [0.15, 0.2) is 4.99 Å². The van der Waals surface area contributed by atoms with Gasteiger partial charge in [0.1, 0.15) is 6.17 Å². The van der Waals surface area contributed by atoms with E-state index in [-0.39, 0.29) is 34.8 Å². The van der Waals surface area contributed by atoms with E-state index in [1.165, 1.54) is 0 Å². The van der Waals surface area contributed by atoms with Crippen molar-refractivity contribution < 1.29 is 9.53 Å². The second-order valence-electron chi connectivity index (χ2n) is 8.34. The Balaban J connectivity index is 1.67. The summed E-state index contributed by atoms with van der Waals surface area (Å²) >= 11 is 12.6. The molecule has 1 saturated heterocycles. The van der Waals surface area contributed by atoms with E-state index >= 15 is 0 Å². The Labute approximate surface area is 177 Å². The first kappa shape index (κ1) is 22.1. The third-order valence-corrected chi connectivity index (χ3v) is 6.75. The van der Waals surface area contributed by atoms with Crippen molar-refractivity contribution >= 4 is 35.1 Å². The Kier molecular flexibility index (Phi) is 8.23. The zero-order valence-electron chi connectivity index (χ0n) is 16.7. The molecule has 28 heavy (non-hydrogen) atoms. The summed E-state index contributed by atoms with van der Waals surface area (Å²) in [6.07, 6.45) is 6.41. The Hall–Kier alpha value is -0.600. The summed E-state index contributed by atoms with van der Waals surface area (Å²) < 4.78 is 5.22. The third-order valence-electron chi connectivity index (χ3n) is 5.95. The van der Waals surface area contributed by atoms with Crippen LogP contribution < -0.4 is 21.5 Å². The van der Waals surface area contributed by atoms with Gasteiger partial charge in [-0.15, -0.1) is 23.2 Å². The van der Waals surface area contributed by atoms with Gasteiger partial charge in [-0.05, 0) is 45.4 Å². The highest BCUT2D eigenvalue weighted by atomic mass is 35.5. The number of amides is 1. The van der Waals surface area contributed by atoms with Crippen molar-refractivity contribution in [3.63, 3.8) is 0 Å². The van der Waals surface area contributed by atoms with Crippen LogP contribution in [0.25, 0.3) is 0 Å². The van der Waals surface area contributed by atoms with Crippen LogP contribution in [0.2, 0.25) is 0 Å². The van der Waals surface area contributed by atoms with Gasteiger partial charge in [0.2, 0.25) is 5.91 Å². The van der Waals surface area contributed by atoms with Gasteiger partial charge in [0.25, 0.3) is 0 Å². The van der Waals surface area contributed by atoms with E-state index in [4.69, 9.17) is 32.9 Å². The molecular weight excluding hydrogens is 401 g/mol. The van der Waals surface area contributed by atoms with Gasteiger partial charge in [-0.25, -0.2) is 10.4 Å². The van der Waals surface area contributed by atoms with Gasteiger partial charge in [0.05, 0.1) is 6.61 Å². The summed E-state index contributed by atoms with van der Waals surface area (Å²) in [5.41, 5.74) is 6.60. The number of guanidine groups is 1. The Morgan fingerprint density at radius 2 is 1.96 bits per heavy atom. The number of alkyl halides is 2. The highest BCUT2D eigenvalue weighted by Crippen LogP contribution is 2.33. The zero-order chi connectivity index (χ0) is 20.1. The van der Waals surface area contributed by atoms with Crippen LogP contribution in [0.1, 0.15) is 51.9 Å². The van der Waals surface area contributed by atoms with Crippen LogP contribution in [-0.2, 0) is 9.53 Å². The lowest BCUT2D eigenvalue weighted by Gasteiger charge is -2.29. The molecule has 3 aliphatic rings. The molecule has 0 spiro atoms.